The summed E-state index contributed by atoms with van der Waals surface area (Å²) in [5, 5.41) is 0.464. The van der Waals surface area contributed by atoms with Gasteiger partial charge in [0.2, 0.25) is 5.91 Å². The highest BCUT2D eigenvalue weighted by molar-refractivity contribution is 6.31. The molecule has 0 N–H and O–H groups in total. The predicted octanol–water partition coefficient (Wildman–Crippen LogP) is 2.86. The van der Waals surface area contributed by atoms with Crippen molar-refractivity contribution in [2.75, 3.05) is 46.3 Å². The van der Waals surface area contributed by atoms with Gasteiger partial charge in [-0.2, -0.15) is 0 Å². The lowest BCUT2D eigenvalue weighted by atomic mass is 10.2. The minimum atomic E-state index is -0.265. The third-order valence-electron chi connectivity index (χ3n) is 4.47. The zero-order valence-corrected chi connectivity index (χ0v) is 15.4. The Bertz CT molecular complexity index is 527. The molecule has 1 aromatic rings. The van der Waals surface area contributed by atoms with Gasteiger partial charge in [0.25, 0.3) is 0 Å². The molecule has 1 aliphatic heterocycles. The van der Waals surface area contributed by atoms with Crippen LogP contribution in [0.1, 0.15) is 25.3 Å². The van der Waals surface area contributed by atoms with Crippen LogP contribution in [0, 0.1) is 5.82 Å². The van der Waals surface area contributed by atoms with E-state index in [0.29, 0.717) is 36.8 Å². The van der Waals surface area contributed by atoms with Crippen LogP contribution < -0.4 is 0 Å². The van der Waals surface area contributed by atoms with Gasteiger partial charge in [0.05, 0.1) is 6.54 Å². The van der Waals surface area contributed by atoms with Gasteiger partial charge < -0.3 is 4.90 Å². The first-order valence-electron chi connectivity index (χ1n) is 8.62. The molecule has 0 unspecified atom stereocenters. The molecular weight excluding hydrogens is 329 g/mol. The van der Waals surface area contributed by atoms with E-state index in [0.717, 1.165) is 32.5 Å². The lowest BCUT2D eigenvalue weighted by Gasteiger charge is -2.35. The van der Waals surface area contributed by atoms with Gasteiger partial charge in [0, 0.05) is 43.3 Å². The standard InChI is InChI=1S/C18H27ClFN3O/c1-3-4-8-21(2)14-18(24)23-11-9-22(10-12-23)13-15-16(19)6-5-7-17(15)20/h5-7H,3-4,8-14H2,1-2H3. The summed E-state index contributed by atoms with van der Waals surface area (Å²) in [5.41, 5.74) is 0.540. The number of halogens is 2. The normalized spacial score (nSPS) is 16.0. The van der Waals surface area contributed by atoms with E-state index in [4.69, 9.17) is 11.6 Å². The van der Waals surface area contributed by atoms with E-state index in [-0.39, 0.29) is 11.7 Å². The molecule has 24 heavy (non-hydrogen) atoms. The van der Waals surface area contributed by atoms with E-state index >= 15 is 0 Å². The molecule has 134 valence electrons. The number of amides is 1. The molecule has 1 aromatic carbocycles. The third-order valence-corrected chi connectivity index (χ3v) is 4.82. The van der Waals surface area contributed by atoms with Crippen molar-refractivity contribution in [2.45, 2.75) is 26.3 Å². The molecule has 0 spiro atoms. The Kier molecular flexibility index (Phi) is 7.46. The van der Waals surface area contributed by atoms with E-state index < -0.39 is 0 Å². The molecule has 1 heterocycles. The number of nitrogens with zero attached hydrogens (tertiary/aromatic N) is 3. The maximum atomic E-state index is 13.9. The van der Waals surface area contributed by atoms with Crippen molar-refractivity contribution >= 4 is 17.5 Å². The van der Waals surface area contributed by atoms with E-state index in [1.165, 1.54) is 6.07 Å². The fourth-order valence-corrected chi connectivity index (χ4v) is 3.12. The van der Waals surface area contributed by atoms with Crippen LogP contribution >= 0.6 is 11.6 Å². The average molecular weight is 356 g/mol. The van der Waals surface area contributed by atoms with Gasteiger partial charge in [0.15, 0.2) is 0 Å². The molecule has 0 saturated carbocycles. The topological polar surface area (TPSA) is 26.8 Å². The van der Waals surface area contributed by atoms with Gasteiger partial charge in [0.1, 0.15) is 5.82 Å². The monoisotopic (exact) mass is 355 g/mol. The van der Waals surface area contributed by atoms with E-state index in [1.54, 1.807) is 12.1 Å². The minimum absolute atomic E-state index is 0.178. The van der Waals surface area contributed by atoms with Gasteiger partial charge in [-0.05, 0) is 32.1 Å². The van der Waals surface area contributed by atoms with Crippen LogP contribution in [-0.4, -0.2) is 66.9 Å². The molecule has 0 atom stereocenters. The second-order valence-electron chi connectivity index (χ2n) is 6.45. The van der Waals surface area contributed by atoms with E-state index in [2.05, 4.69) is 16.7 Å². The van der Waals surface area contributed by atoms with Crippen LogP contribution in [0.3, 0.4) is 0 Å². The minimum Gasteiger partial charge on any atom is -0.339 e. The van der Waals surface area contributed by atoms with Gasteiger partial charge in [-0.1, -0.05) is 31.0 Å². The van der Waals surface area contributed by atoms with Crippen LogP contribution in [-0.2, 0) is 11.3 Å². The summed E-state index contributed by atoms with van der Waals surface area (Å²) >= 11 is 6.09. The summed E-state index contributed by atoms with van der Waals surface area (Å²) in [7, 11) is 1.99. The summed E-state index contributed by atoms with van der Waals surface area (Å²) in [6, 6.07) is 4.77. The van der Waals surface area contributed by atoms with Gasteiger partial charge in [-0.15, -0.1) is 0 Å². The quantitative estimate of drug-likeness (QED) is 0.752. The van der Waals surface area contributed by atoms with Crippen LogP contribution in [0.25, 0.3) is 0 Å². The molecule has 0 bridgehead atoms. The SMILES string of the molecule is CCCCN(C)CC(=O)N1CCN(Cc2c(F)cccc2Cl)CC1. The number of piperazine rings is 1. The fourth-order valence-electron chi connectivity index (χ4n) is 2.90. The molecule has 0 radical (unpaired) electrons. The van der Waals surface area contributed by atoms with Crippen molar-refractivity contribution in [3.8, 4) is 0 Å². The van der Waals surface area contributed by atoms with Gasteiger partial charge in [-0.3, -0.25) is 14.6 Å². The van der Waals surface area contributed by atoms with Crippen molar-refractivity contribution in [3.63, 3.8) is 0 Å². The maximum Gasteiger partial charge on any atom is 0.236 e. The molecular formula is C18H27ClFN3O. The Morgan fingerprint density at radius 1 is 1.29 bits per heavy atom. The number of likely N-dealkylation sites (N-methyl/N-ethyl adjacent to an activating group) is 1. The Morgan fingerprint density at radius 2 is 2.00 bits per heavy atom. The maximum absolute atomic E-state index is 13.9. The van der Waals surface area contributed by atoms with Crippen LogP contribution in [0.5, 0.6) is 0 Å². The third kappa shape index (κ3) is 5.43. The molecule has 0 aromatic heterocycles. The fraction of sp³-hybridized carbons (Fsp3) is 0.611. The Morgan fingerprint density at radius 3 is 2.62 bits per heavy atom. The number of carbonyl (C=O) groups is 1. The number of carbonyl (C=O) groups excluding carboxylic acids is 1. The molecule has 4 nitrogen and oxygen atoms in total. The number of unbranched alkanes of at least 4 members (excludes halogenated alkanes) is 1. The van der Waals surface area contributed by atoms with E-state index in [9.17, 15) is 9.18 Å². The first-order chi connectivity index (χ1) is 11.5. The molecule has 0 aliphatic carbocycles. The highest BCUT2D eigenvalue weighted by Crippen LogP contribution is 2.21. The number of hydrogen-bond donors (Lipinski definition) is 0. The molecule has 1 amide bonds. The second kappa shape index (κ2) is 9.35. The predicted molar refractivity (Wildman–Crippen MR) is 95.7 cm³/mol. The van der Waals surface area contributed by atoms with Crippen molar-refractivity contribution in [1.29, 1.82) is 0 Å². The smallest absolute Gasteiger partial charge is 0.236 e. The lowest BCUT2D eigenvalue weighted by molar-refractivity contribution is -0.133. The van der Waals surface area contributed by atoms with Crippen LogP contribution in [0.4, 0.5) is 4.39 Å². The Balaban J connectivity index is 1.80. The Hall–Kier alpha value is -1.17. The summed E-state index contributed by atoms with van der Waals surface area (Å²) in [5.74, 6) is -0.0873. The second-order valence-corrected chi connectivity index (χ2v) is 6.86. The van der Waals surface area contributed by atoms with Crippen molar-refractivity contribution in [1.82, 2.24) is 14.7 Å². The Labute approximate surface area is 149 Å². The van der Waals surface area contributed by atoms with Gasteiger partial charge >= 0.3 is 0 Å². The number of hydrogen-bond acceptors (Lipinski definition) is 3. The zero-order chi connectivity index (χ0) is 17.5. The van der Waals surface area contributed by atoms with E-state index in [1.807, 2.05) is 11.9 Å². The molecule has 1 saturated heterocycles. The average Bonchev–Trinajstić information content (AvgIpc) is 2.57. The molecule has 1 aliphatic rings. The summed E-state index contributed by atoms with van der Waals surface area (Å²) in [6.07, 6.45) is 2.25. The van der Waals surface area contributed by atoms with Crippen LogP contribution in [0.2, 0.25) is 5.02 Å². The van der Waals surface area contributed by atoms with Crippen LogP contribution in [0.15, 0.2) is 18.2 Å². The first-order valence-corrected chi connectivity index (χ1v) is 9.00. The number of benzene rings is 1. The van der Waals surface area contributed by atoms with Crippen molar-refractivity contribution < 1.29 is 9.18 Å². The zero-order valence-electron chi connectivity index (χ0n) is 14.6. The molecule has 2 rings (SSSR count). The summed E-state index contributed by atoms with van der Waals surface area (Å²) in [6.45, 7) is 6.93. The largest absolute Gasteiger partial charge is 0.339 e. The highest BCUT2D eigenvalue weighted by Gasteiger charge is 2.23. The highest BCUT2D eigenvalue weighted by atomic mass is 35.5. The lowest BCUT2D eigenvalue weighted by Crippen LogP contribution is -2.50. The molecule has 1 fully saturated rings. The summed E-state index contributed by atoms with van der Waals surface area (Å²) in [4.78, 5) is 18.5. The number of rotatable bonds is 7. The van der Waals surface area contributed by atoms with Gasteiger partial charge in [-0.25, -0.2) is 4.39 Å². The van der Waals surface area contributed by atoms with Crippen molar-refractivity contribution in [2.24, 2.45) is 0 Å². The first kappa shape index (κ1) is 19.2. The van der Waals surface area contributed by atoms with Crippen molar-refractivity contribution in [3.05, 3.63) is 34.6 Å². The molecule has 6 heteroatoms. The summed E-state index contributed by atoms with van der Waals surface area (Å²) < 4.78 is 13.9.